The summed E-state index contributed by atoms with van der Waals surface area (Å²) in [5, 5.41) is 4.05. The van der Waals surface area contributed by atoms with E-state index in [4.69, 9.17) is 4.74 Å². The van der Waals surface area contributed by atoms with Crippen LogP contribution in [0.5, 0.6) is 0 Å². The van der Waals surface area contributed by atoms with Crippen molar-refractivity contribution in [1.29, 1.82) is 0 Å². The second kappa shape index (κ2) is 5.79. The molecule has 1 aromatic heterocycles. The normalized spacial score (nSPS) is 19.8. The SMILES string of the molecule is CC(Cn1cccn1)NS(=O)(=O)N1CCOCC1. The van der Waals surface area contributed by atoms with Gasteiger partial charge >= 0.3 is 0 Å². The van der Waals surface area contributed by atoms with E-state index in [0.29, 0.717) is 32.8 Å². The zero-order chi connectivity index (χ0) is 13.0. The first-order valence-electron chi connectivity index (χ1n) is 5.90. The molecule has 7 nitrogen and oxygen atoms in total. The molecule has 1 N–H and O–H groups in total. The molecule has 0 aromatic carbocycles. The van der Waals surface area contributed by atoms with Gasteiger partial charge in [-0.1, -0.05) is 0 Å². The number of rotatable bonds is 5. The standard InChI is InChI=1S/C10H18N4O3S/c1-10(9-13-4-2-3-11-13)12-18(15,16)14-5-7-17-8-6-14/h2-4,10,12H,5-9H2,1H3. The van der Waals surface area contributed by atoms with E-state index in [9.17, 15) is 8.42 Å². The van der Waals surface area contributed by atoms with Crippen LogP contribution < -0.4 is 4.72 Å². The molecule has 0 spiro atoms. The van der Waals surface area contributed by atoms with Gasteiger partial charge in [0.2, 0.25) is 0 Å². The molecule has 1 fully saturated rings. The number of nitrogens with one attached hydrogen (secondary N) is 1. The second-order valence-electron chi connectivity index (χ2n) is 4.26. The van der Waals surface area contributed by atoms with Gasteiger partial charge in [0.15, 0.2) is 0 Å². The summed E-state index contributed by atoms with van der Waals surface area (Å²) in [6.45, 7) is 4.05. The molecule has 1 aromatic rings. The Kier molecular flexibility index (Phi) is 4.33. The van der Waals surface area contributed by atoms with Crippen LogP contribution in [0.3, 0.4) is 0 Å². The predicted octanol–water partition coefficient (Wildman–Crippen LogP) is -0.562. The Morgan fingerprint density at radius 1 is 1.44 bits per heavy atom. The Morgan fingerprint density at radius 3 is 2.78 bits per heavy atom. The van der Waals surface area contributed by atoms with Gasteiger partial charge in [0.05, 0.1) is 19.8 Å². The molecule has 0 bridgehead atoms. The van der Waals surface area contributed by atoms with Crippen LogP contribution in [0.2, 0.25) is 0 Å². The van der Waals surface area contributed by atoms with E-state index >= 15 is 0 Å². The molecule has 2 rings (SSSR count). The summed E-state index contributed by atoms with van der Waals surface area (Å²) in [7, 11) is -3.42. The summed E-state index contributed by atoms with van der Waals surface area (Å²) in [5.74, 6) is 0. The van der Waals surface area contributed by atoms with E-state index in [1.165, 1.54) is 4.31 Å². The van der Waals surface area contributed by atoms with Gasteiger partial charge in [0.1, 0.15) is 0 Å². The van der Waals surface area contributed by atoms with Crippen molar-refractivity contribution in [1.82, 2.24) is 18.8 Å². The van der Waals surface area contributed by atoms with Gasteiger partial charge in [0, 0.05) is 31.5 Å². The first-order valence-corrected chi connectivity index (χ1v) is 7.34. The zero-order valence-electron chi connectivity index (χ0n) is 10.3. The summed E-state index contributed by atoms with van der Waals surface area (Å²) in [5.41, 5.74) is 0. The maximum atomic E-state index is 12.1. The highest BCUT2D eigenvalue weighted by Crippen LogP contribution is 2.04. The molecule has 0 amide bonds. The van der Waals surface area contributed by atoms with Crippen molar-refractivity contribution in [3.63, 3.8) is 0 Å². The number of ether oxygens (including phenoxy) is 1. The van der Waals surface area contributed by atoms with Crippen LogP contribution in [0.1, 0.15) is 6.92 Å². The van der Waals surface area contributed by atoms with Gasteiger partial charge < -0.3 is 4.74 Å². The highest BCUT2D eigenvalue weighted by Gasteiger charge is 2.25. The average molecular weight is 274 g/mol. The molecule has 1 aliphatic heterocycles. The van der Waals surface area contributed by atoms with Crippen molar-refractivity contribution < 1.29 is 13.2 Å². The lowest BCUT2D eigenvalue weighted by Gasteiger charge is -2.27. The van der Waals surface area contributed by atoms with Gasteiger partial charge in [-0.25, -0.2) is 0 Å². The molecule has 2 heterocycles. The first kappa shape index (κ1) is 13.5. The van der Waals surface area contributed by atoms with Gasteiger partial charge in [-0.15, -0.1) is 0 Å². The lowest BCUT2D eigenvalue weighted by Crippen LogP contribution is -2.49. The number of hydrogen-bond acceptors (Lipinski definition) is 4. The Balaban J connectivity index is 1.90. The second-order valence-corrected chi connectivity index (χ2v) is 5.97. The Hall–Kier alpha value is -0.960. The Morgan fingerprint density at radius 2 is 2.17 bits per heavy atom. The minimum Gasteiger partial charge on any atom is -0.379 e. The third-order valence-corrected chi connectivity index (χ3v) is 4.43. The third kappa shape index (κ3) is 3.52. The monoisotopic (exact) mass is 274 g/mol. The van der Waals surface area contributed by atoms with E-state index < -0.39 is 10.2 Å². The maximum absolute atomic E-state index is 12.1. The minimum absolute atomic E-state index is 0.210. The summed E-state index contributed by atoms with van der Waals surface area (Å²) in [6.07, 6.45) is 3.47. The van der Waals surface area contributed by atoms with Crippen LogP contribution in [-0.2, 0) is 21.5 Å². The topological polar surface area (TPSA) is 76.5 Å². The van der Waals surface area contributed by atoms with E-state index in [-0.39, 0.29) is 6.04 Å². The van der Waals surface area contributed by atoms with E-state index in [2.05, 4.69) is 9.82 Å². The quantitative estimate of drug-likeness (QED) is 0.781. The highest BCUT2D eigenvalue weighted by molar-refractivity contribution is 7.87. The third-order valence-electron chi connectivity index (χ3n) is 2.68. The molecule has 0 radical (unpaired) electrons. The molecule has 0 aliphatic carbocycles. The molecule has 0 saturated carbocycles. The lowest BCUT2D eigenvalue weighted by molar-refractivity contribution is 0.0723. The van der Waals surface area contributed by atoms with E-state index in [1.54, 1.807) is 17.1 Å². The number of morpholine rings is 1. The molecular weight excluding hydrogens is 256 g/mol. The van der Waals surface area contributed by atoms with Crippen molar-refractivity contribution in [3.8, 4) is 0 Å². The molecule has 1 saturated heterocycles. The molecule has 1 unspecified atom stereocenters. The molecule has 1 aliphatic rings. The fourth-order valence-corrected chi connectivity index (χ4v) is 3.20. The van der Waals surface area contributed by atoms with Crippen molar-refractivity contribution in [2.24, 2.45) is 0 Å². The van der Waals surface area contributed by atoms with Gasteiger partial charge in [-0.05, 0) is 13.0 Å². The summed E-state index contributed by atoms with van der Waals surface area (Å²) in [4.78, 5) is 0. The molecule has 1 atom stereocenters. The molecule has 8 heteroatoms. The fourth-order valence-electron chi connectivity index (χ4n) is 1.84. The van der Waals surface area contributed by atoms with E-state index in [0.717, 1.165) is 0 Å². The smallest absolute Gasteiger partial charge is 0.279 e. The number of aromatic nitrogens is 2. The van der Waals surface area contributed by atoms with Crippen molar-refractivity contribution in [3.05, 3.63) is 18.5 Å². The van der Waals surface area contributed by atoms with Crippen LogP contribution in [0.25, 0.3) is 0 Å². The van der Waals surface area contributed by atoms with Crippen molar-refractivity contribution in [2.75, 3.05) is 26.3 Å². The average Bonchev–Trinajstić information content (AvgIpc) is 2.82. The van der Waals surface area contributed by atoms with Crippen LogP contribution >= 0.6 is 0 Å². The predicted molar refractivity (Wildman–Crippen MR) is 66.1 cm³/mol. The maximum Gasteiger partial charge on any atom is 0.279 e. The first-order chi connectivity index (χ1) is 8.58. The summed E-state index contributed by atoms with van der Waals surface area (Å²) < 4.78 is 35.0. The minimum atomic E-state index is -3.42. The summed E-state index contributed by atoms with van der Waals surface area (Å²) >= 11 is 0. The van der Waals surface area contributed by atoms with Crippen LogP contribution in [0, 0.1) is 0 Å². The molecule has 102 valence electrons. The van der Waals surface area contributed by atoms with Crippen molar-refractivity contribution in [2.45, 2.75) is 19.5 Å². The molecule has 18 heavy (non-hydrogen) atoms. The van der Waals surface area contributed by atoms with Gasteiger partial charge in [-0.3, -0.25) is 4.68 Å². The Bertz CT molecular complexity index is 453. The van der Waals surface area contributed by atoms with E-state index in [1.807, 2.05) is 13.0 Å². The van der Waals surface area contributed by atoms with Gasteiger partial charge in [-0.2, -0.15) is 22.5 Å². The number of hydrogen-bond donors (Lipinski definition) is 1. The van der Waals surface area contributed by atoms with Crippen molar-refractivity contribution >= 4 is 10.2 Å². The van der Waals surface area contributed by atoms with Crippen LogP contribution in [-0.4, -0.2) is 54.8 Å². The number of nitrogens with zero attached hydrogens (tertiary/aromatic N) is 3. The van der Waals surface area contributed by atoms with Crippen LogP contribution in [0.4, 0.5) is 0 Å². The Labute approximate surface area is 107 Å². The fraction of sp³-hybridized carbons (Fsp3) is 0.700. The molecular formula is C10H18N4O3S. The summed E-state index contributed by atoms with van der Waals surface area (Å²) in [6, 6.07) is 1.60. The lowest BCUT2D eigenvalue weighted by atomic mass is 10.4. The zero-order valence-corrected chi connectivity index (χ0v) is 11.1. The van der Waals surface area contributed by atoms with Crippen LogP contribution in [0.15, 0.2) is 18.5 Å². The highest BCUT2D eigenvalue weighted by atomic mass is 32.2. The van der Waals surface area contributed by atoms with Gasteiger partial charge in [0.25, 0.3) is 10.2 Å². The largest absolute Gasteiger partial charge is 0.379 e.